The molecule has 0 saturated carbocycles. The molecule has 0 aliphatic rings. The van der Waals surface area contributed by atoms with Gasteiger partial charge >= 0.3 is 0 Å². The zero-order valence-corrected chi connectivity index (χ0v) is 12.0. The number of Topliss-reactive ketones (excluding diaryl/α,β-unsaturated/α-hetero) is 1. The number of hydrogen-bond acceptors (Lipinski definition) is 3. The molecule has 0 radical (unpaired) electrons. The van der Waals surface area contributed by atoms with Gasteiger partial charge in [-0.05, 0) is 17.7 Å². The molecule has 0 aliphatic heterocycles. The van der Waals surface area contributed by atoms with Crippen LogP contribution in [0, 0.1) is 0 Å². The molecule has 0 saturated heterocycles. The predicted molar refractivity (Wildman–Crippen MR) is 87.8 cm³/mol. The number of nitrogens with one attached hydrogen (secondary N) is 1. The Morgan fingerprint density at radius 1 is 0.818 bits per heavy atom. The summed E-state index contributed by atoms with van der Waals surface area (Å²) in [5, 5.41) is 3.23. The molecule has 3 rings (SSSR count). The largest absolute Gasteiger partial charge is 0.356 e. The zero-order valence-electron chi connectivity index (χ0n) is 12.0. The third-order valence-corrected chi connectivity index (χ3v) is 3.41. The Labute approximate surface area is 129 Å². The summed E-state index contributed by atoms with van der Waals surface area (Å²) < 4.78 is 0. The Morgan fingerprint density at radius 3 is 2.09 bits per heavy atom. The maximum Gasteiger partial charge on any atom is 0.189 e. The van der Waals surface area contributed by atoms with Gasteiger partial charge in [0, 0.05) is 11.8 Å². The van der Waals surface area contributed by atoms with Gasteiger partial charge in [-0.15, -0.1) is 0 Å². The van der Waals surface area contributed by atoms with Crippen LogP contribution in [0.3, 0.4) is 0 Å². The summed E-state index contributed by atoms with van der Waals surface area (Å²) in [5.41, 5.74) is 1.60. The van der Waals surface area contributed by atoms with Crippen LogP contribution < -0.4 is 5.32 Å². The van der Waals surface area contributed by atoms with Crippen molar-refractivity contribution in [2.24, 2.45) is 0 Å². The highest BCUT2D eigenvalue weighted by atomic mass is 16.1. The Morgan fingerprint density at radius 2 is 1.45 bits per heavy atom. The van der Waals surface area contributed by atoms with E-state index in [9.17, 15) is 4.79 Å². The minimum atomic E-state index is -0.460. The van der Waals surface area contributed by atoms with Crippen molar-refractivity contribution in [3.05, 3.63) is 96.2 Å². The molecule has 1 unspecified atom stereocenters. The lowest BCUT2D eigenvalue weighted by atomic mass is 9.97. The maximum absolute atomic E-state index is 12.9. The predicted octanol–water partition coefficient (Wildman–Crippen LogP) is 4.12. The van der Waals surface area contributed by atoms with Gasteiger partial charge in [-0.25, -0.2) is 4.98 Å². The molecule has 108 valence electrons. The number of rotatable bonds is 5. The average Bonchev–Trinajstić information content (AvgIpc) is 2.61. The van der Waals surface area contributed by atoms with Gasteiger partial charge < -0.3 is 5.32 Å². The van der Waals surface area contributed by atoms with Crippen LogP contribution >= 0.6 is 0 Å². The van der Waals surface area contributed by atoms with E-state index in [-0.39, 0.29) is 5.78 Å². The van der Waals surface area contributed by atoms with Crippen molar-refractivity contribution in [3.63, 3.8) is 0 Å². The Hall–Kier alpha value is -2.94. The van der Waals surface area contributed by atoms with Crippen LogP contribution in [0.15, 0.2) is 85.1 Å². The molecule has 0 spiro atoms. The molecule has 1 atom stereocenters. The van der Waals surface area contributed by atoms with E-state index in [0.29, 0.717) is 11.4 Å². The first kappa shape index (κ1) is 14.0. The van der Waals surface area contributed by atoms with Crippen molar-refractivity contribution in [2.45, 2.75) is 6.04 Å². The van der Waals surface area contributed by atoms with Crippen LogP contribution in [0.25, 0.3) is 0 Å². The summed E-state index contributed by atoms with van der Waals surface area (Å²) in [6, 6.07) is 24.1. The number of carbonyl (C=O) groups excluding carboxylic acids is 1. The van der Waals surface area contributed by atoms with Crippen LogP contribution in [0.2, 0.25) is 0 Å². The van der Waals surface area contributed by atoms with E-state index >= 15 is 0 Å². The highest BCUT2D eigenvalue weighted by Crippen LogP contribution is 2.22. The molecule has 22 heavy (non-hydrogen) atoms. The number of nitrogens with zero attached hydrogens (tertiary/aromatic N) is 1. The minimum absolute atomic E-state index is 0.0254. The number of aromatic nitrogens is 1. The van der Waals surface area contributed by atoms with Gasteiger partial charge in [-0.2, -0.15) is 0 Å². The highest BCUT2D eigenvalue weighted by Gasteiger charge is 2.21. The fraction of sp³-hybridized carbons (Fsp3) is 0.0526. The molecular formula is C19H16N2O. The third-order valence-electron chi connectivity index (χ3n) is 3.41. The van der Waals surface area contributed by atoms with Crippen molar-refractivity contribution in [2.75, 3.05) is 5.32 Å². The van der Waals surface area contributed by atoms with E-state index < -0.39 is 6.04 Å². The molecular weight excluding hydrogens is 272 g/mol. The molecule has 1 N–H and O–H groups in total. The molecule has 0 amide bonds. The van der Waals surface area contributed by atoms with Crippen LogP contribution in [0.4, 0.5) is 5.82 Å². The highest BCUT2D eigenvalue weighted by molar-refractivity contribution is 6.02. The van der Waals surface area contributed by atoms with E-state index in [0.717, 1.165) is 5.56 Å². The fourth-order valence-electron chi connectivity index (χ4n) is 2.31. The first-order chi connectivity index (χ1) is 10.8. The molecule has 0 aliphatic carbocycles. The van der Waals surface area contributed by atoms with Crippen LogP contribution in [0.1, 0.15) is 22.0 Å². The summed E-state index contributed by atoms with van der Waals surface area (Å²) >= 11 is 0. The molecule has 3 heteroatoms. The summed E-state index contributed by atoms with van der Waals surface area (Å²) in [6.07, 6.45) is 1.71. The number of pyridine rings is 1. The van der Waals surface area contributed by atoms with E-state index in [4.69, 9.17) is 0 Å². The van der Waals surface area contributed by atoms with Crippen molar-refractivity contribution < 1.29 is 4.79 Å². The molecule has 3 nitrogen and oxygen atoms in total. The summed E-state index contributed by atoms with van der Waals surface area (Å²) in [6.45, 7) is 0. The second-order valence-corrected chi connectivity index (χ2v) is 4.93. The lowest BCUT2D eigenvalue weighted by molar-refractivity contribution is 0.0969. The molecule has 2 aromatic carbocycles. The topological polar surface area (TPSA) is 42.0 Å². The van der Waals surface area contributed by atoms with Gasteiger partial charge in [-0.1, -0.05) is 66.7 Å². The van der Waals surface area contributed by atoms with Gasteiger partial charge in [-0.3, -0.25) is 4.79 Å². The van der Waals surface area contributed by atoms with Crippen LogP contribution in [-0.4, -0.2) is 10.8 Å². The smallest absolute Gasteiger partial charge is 0.189 e. The van der Waals surface area contributed by atoms with Gasteiger partial charge in [0.25, 0.3) is 0 Å². The minimum Gasteiger partial charge on any atom is -0.356 e. The summed E-state index contributed by atoms with van der Waals surface area (Å²) in [5.74, 6) is 0.707. The fourth-order valence-corrected chi connectivity index (χ4v) is 2.31. The third kappa shape index (κ3) is 3.20. The molecule has 0 bridgehead atoms. The monoisotopic (exact) mass is 288 g/mol. The van der Waals surface area contributed by atoms with Gasteiger partial charge in [0.1, 0.15) is 11.9 Å². The Balaban J connectivity index is 1.95. The second-order valence-electron chi connectivity index (χ2n) is 4.93. The quantitative estimate of drug-likeness (QED) is 0.718. The Bertz CT molecular complexity index is 727. The van der Waals surface area contributed by atoms with Crippen molar-refractivity contribution in [3.8, 4) is 0 Å². The van der Waals surface area contributed by atoms with Crippen molar-refractivity contribution >= 4 is 11.6 Å². The van der Waals surface area contributed by atoms with E-state index in [1.54, 1.807) is 6.20 Å². The first-order valence-electron chi connectivity index (χ1n) is 7.16. The van der Waals surface area contributed by atoms with Crippen molar-refractivity contribution in [1.29, 1.82) is 0 Å². The van der Waals surface area contributed by atoms with E-state index in [1.807, 2.05) is 78.9 Å². The standard InChI is InChI=1S/C19H16N2O/c22-19(16-11-5-2-6-12-16)18(15-9-3-1-4-10-15)21-17-13-7-8-14-20-17/h1-14,18H,(H,20,21). The molecule has 0 fully saturated rings. The Kier molecular flexibility index (Phi) is 4.25. The van der Waals surface area contributed by atoms with Gasteiger partial charge in [0.05, 0.1) is 0 Å². The number of anilines is 1. The van der Waals surface area contributed by atoms with Gasteiger partial charge in [0.2, 0.25) is 0 Å². The van der Waals surface area contributed by atoms with Gasteiger partial charge in [0.15, 0.2) is 5.78 Å². The number of benzene rings is 2. The number of hydrogen-bond donors (Lipinski definition) is 1. The van der Waals surface area contributed by atoms with Crippen molar-refractivity contribution in [1.82, 2.24) is 4.98 Å². The zero-order chi connectivity index (χ0) is 15.2. The summed E-state index contributed by atoms with van der Waals surface area (Å²) in [4.78, 5) is 17.1. The average molecular weight is 288 g/mol. The van der Waals surface area contributed by atoms with Crippen LogP contribution in [-0.2, 0) is 0 Å². The SMILES string of the molecule is O=C(c1ccccc1)C(Nc1ccccn1)c1ccccc1. The van der Waals surface area contributed by atoms with E-state index in [1.165, 1.54) is 0 Å². The molecule has 1 aromatic heterocycles. The lowest BCUT2D eigenvalue weighted by Gasteiger charge is -2.18. The molecule has 3 aromatic rings. The second kappa shape index (κ2) is 6.68. The number of ketones is 1. The number of carbonyl (C=O) groups is 1. The first-order valence-corrected chi connectivity index (χ1v) is 7.16. The molecule has 1 heterocycles. The lowest BCUT2D eigenvalue weighted by Crippen LogP contribution is -2.21. The summed E-state index contributed by atoms with van der Waals surface area (Å²) in [7, 11) is 0. The maximum atomic E-state index is 12.9. The van der Waals surface area contributed by atoms with E-state index in [2.05, 4.69) is 10.3 Å². The normalized spacial score (nSPS) is 11.6. The van der Waals surface area contributed by atoms with Crippen LogP contribution in [0.5, 0.6) is 0 Å².